The molecule has 0 aromatic heterocycles. The van der Waals surface area contributed by atoms with Crippen molar-refractivity contribution in [2.45, 2.75) is 32.4 Å². The topological polar surface area (TPSA) is 21.7 Å². The summed E-state index contributed by atoms with van der Waals surface area (Å²) in [5.41, 5.74) is 0. The summed E-state index contributed by atoms with van der Waals surface area (Å²) in [6.07, 6.45) is 1.38. The lowest BCUT2D eigenvalue weighted by Crippen LogP contribution is -2.46. The summed E-state index contributed by atoms with van der Waals surface area (Å²) in [7, 11) is 1.74. The molecule has 1 fully saturated rings. The molecule has 1 atom stereocenters. The maximum atomic E-state index is 5.64. The molecule has 0 spiro atoms. The summed E-state index contributed by atoms with van der Waals surface area (Å²) in [5.74, 6) is 0. The lowest BCUT2D eigenvalue weighted by molar-refractivity contribution is -0.0496. The molecule has 1 aliphatic heterocycles. The summed E-state index contributed by atoms with van der Waals surface area (Å²) in [6, 6.07) is 0.633. The van der Waals surface area contributed by atoms with Crippen molar-refractivity contribution in [1.82, 2.24) is 4.90 Å². The Bertz CT molecular complexity index is 139. The Labute approximate surface area is 81.0 Å². The first-order valence-electron chi connectivity index (χ1n) is 5.08. The van der Waals surface area contributed by atoms with Gasteiger partial charge in [0.1, 0.15) is 0 Å². The van der Waals surface area contributed by atoms with E-state index in [9.17, 15) is 0 Å². The minimum absolute atomic E-state index is 0.371. The van der Waals surface area contributed by atoms with Crippen LogP contribution >= 0.6 is 0 Å². The second kappa shape index (κ2) is 5.58. The molecular weight excluding hydrogens is 166 g/mol. The molecule has 0 aromatic carbocycles. The molecule has 1 aliphatic rings. The van der Waals surface area contributed by atoms with Crippen LogP contribution in [0.2, 0.25) is 0 Å². The zero-order chi connectivity index (χ0) is 9.68. The SMILES string of the molecule is COCC[C@H]1CN(C(C)C)CCO1. The fourth-order valence-electron chi connectivity index (χ4n) is 1.64. The van der Waals surface area contributed by atoms with Gasteiger partial charge in [0.05, 0.1) is 12.7 Å². The maximum Gasteiger partial charge on any atom is 0.0724 e. The van der Waals surface area contributed by atoms with Crippen LogP contribution in [0.1, 0.15) is 20.3 Å². The highest BCUT2D eigenvalue weighted by molar-refractivity contribution is 4.73. The van der Waals surface area contributed by atoms with Crippen LogP contribution in [-0.4, -0.2) is 50.5 Å². The van der Waals surface area contributed by atoms with Crippen molar-refractivity contribution in [3.05, 3.63) is 0 Å². The molecule has 1 heterocycles. The van der Waals surface area contributed by atoms with Gasteiger partial charge in [-0.2, -0.15) is 0 Å². The summed E-state index contributed by atoms with van der Waals surface area (Å²) < 4.78 is 10.7. The lowest BCUT2D eigenvalue weighted by atomic mass is 10.2. The highest BCUT2D eigenvalue weighted by Gasteiger charge is 2.21. The fourth-order valence-corrected chi connectivity index (χ4v) is 1.64. The normalized spacial score (nSPS) is 25.4. The number of morpholine rings is 1. The first-order chi connectivity index (χ1) is 6.24. The Morgan fingerprint density at radius 3 is 2.92 bits per heavy atom. The second-order valence-corrected chi connectivity index (χ2v) is 3.86. The van der Waals surface area contributed by atoms with Crippen LogP contribution in [-0.2, 0) is 9.47 Å². The summed E-state index contributed by atoms with van der Waals surface area (Å²) in [5, 5.41) is 0. The van der Waals surface area contributed by atoms with Crippen LogP contribution in [0.25, 0.3) is 0 Å². The molecule has 1 rings (SSSR count). The molecule has 0 aliphatic carbocycles. The Kier molecular flexibility index (Phi) is 4.70. The van der Waals surface area contributed by atoms with Crippen LogP contribution in [0.3, 0.4) is 0 Å². The van der Waals surface area contributed by atoms with Crippen molar-refractivity contribution in [2.75, 3.05) is 33.4 Å². The number of hydrogen-bond acceptors (Lipinski definition) is 3. The standard InChI is InChI=1S/C10H21NO2/c1-9(2)11-5-7-13-10(8-11)4-6-12-3/h9-10H,4-8H2,1-3H3/t10-/m0/s1. The minimum Gasteiger partial charge on any atom is -0.385 e. The molecule has 13 heavy (non-hydrogen) atoms. The monoisotopic (exact) mass is 187 g/mol. The van der Waals surface area contributed by atoms with Crippen LogP contribution in [0.4, 0.5) is 0 Å². The predicted octanol–water partition coefficient (Wildman–Crippen LogP) is 1.13. The molecule has 0 aromatic rings. The molecule has 0 bridgehead atoms. The molecular formula is C10H21NO2. The molecule has 78 valence electrons. The quantitative estimate of drug-likeness (QED) is 0.658. The summed E-state index contributed by atoms with van der Waals surface area (Å²) in [6.45, 7) is 8.27. The molecule has 3 nitrogen and oxygen atoms in total. The highest BCUT2D eigenvalue weighted by Crippen LogP contribution is 2.11. The zero-order valence-electron chi connectivity index (χ0n) is 8.95. The molecule has 0 unspecified atom stereocenters. The number of rotatable bonds is 4. The van der Waals surface area contributed by atoms with Crippen molar-refractivity contribution >= 4 is 0 Å². The molecule has 0 saturated carbocycles. The Morgan fingerprint density at radius 1 is 1.54 bits per heavy atom. The lowest BCUT2D eigenvalue weighted by Gasteiger charge is -2.35. The largest absolute Gasteiger partial charge is 0.385 e. The van der Waals surface area contributed by atoms with Gasteiger partial charge in [0.25, 0.3) is 0 Å². The smallest absolute Gasteiger partial charge is 0.0724 e. The average molecular weight is 187 g/mol. The Balaban J connectivity index is 2.25. The molecule has 3 heteroatoms. The van der Waals surface area contributed by atoms with Gasteiger partial charge >= 0.3 is 0 Å². The van der Waals surface area contributed by atoms with Gasteiger partial charge in [-0.1, -0.05) is 0 Å². The predicted molar refractivity (Wildman–Crippen MR) is 52.9 cm³/mol. The van der Waals surface area contributed by atoms with Gasteiger partial charge in [0.15, 0.2) is 0 Å². The number of nitrogens with zero attached hydrogens (tertiary/aromatic N) is 1. The first kappa shape index (κ1) is 11.0. The van der Waals surface area contributed by atoms with Gasteiger partial charge < -0.3 is 9.47 Å². The highest BCUT2D eigenvalue weighted by atomic mass is 16.5. The van der Waals surface area contributed by atoms with Crippen molar-refractivity contribution in [3.63, 3.8) is 0 Å². The first-order valence-corrected chi connectivity index (χ1v) is 5.08. The fraction of sp³-hybridized carbons (Fsp3) is 1.00. The molecule has 0 amide bonds. The van der Waals surface area contributed by atoms with Gasteiger partial charge in [-0.25, -0.2) is 0 Å². The van der Waals surface area contributed by atoms with E-state index < -0.39 is 0 Å². The average Bonchev–Trinajstić information content (AvgIpc) is 2.15. The van der Waals surface area contributed by atoms with Gasteiger partial charge in [0.2, 0.25) is 0 Å². The van der Waals surface area contributed by atoms with Gasteiger partial charge in [-0.3, -0.25) is 4.90 Å². The van der Waals surface area contributed by atoms with Gasteiger partial charge in [0, 0.05) is 32.8 Å². The van der Waals surface area contributed by atoms with Crippen molar-refractivity contribution < 1.29 is 9.47 Å². The van der Waals surface area contributed by atoms with E-state index in [1.54, 1.807) is 7.11 Å². The van der Waals surface area contributed by atoms with E-state index in [0.29, 0.717) is 12.1 Å². The van der Waals surface area contributed by atoms with Crippen LogP contribution in [0.15, 0.2) is 0 Å². The van der Waals surface area contributed by atoms with Gasteiger partial charge in [-0.05, 0) is 20.3 Å². The number of ether oxygens (including phenoxy) is 2. The van der Waals surface area contributed by atoms with Crippen molar-refractivity contribution in [2.24, 2.45) is 0 Å². The third-order valence-corrected chi connectivity index (χ3v) is 2.54. The van der Waals surface area contributed by atoms with Crippen LogP contribution in [0.5, 0.6) is 0 Å². The molecule has 0 N–H and O–H groups in total. The van der Waals surface area contributed by atoms with E-state index in [4.69, 9.17) is 9.47 Å². The summed E-state index contributed by atoms with van der Waals surface area (Å²) >= 11 is 0. The van der Waals surface area contributed by atoms with Crippen LogP contribution < -0.4 is 0 Å². The third kappa shape index (κ3) is 3.63. The van der Waals surface area contributed by atoms with E-state index in [-0.39, 0.29) is 0 Å². The van der Waals surface area contributed by atoms with Crippen molar-refractivity contribution in [1.29, 1.82) is 0 Å². The van der Waals surface area contributed by atoms with E-state index in [1.807, 2.05) is 0 Å². The zero-order valence-corrected chi connectivity index (χ0v) is 8.95. The molecule has 1 saturated heterocycles. The maximum absolute atomic E-state index is 5.64. The number of methoxy groups -OCH3 is 1. The third-order valence-electron chi connectivity index (χ3n) is 2.54. The van der Waals surface area contributed by atoms with E-state index in [2.05, 4.69) is 18.7 Å². The van der Waals surface area contributed by atoms with E-state index in [0.717, 1.165) is 32.7 Å². The number of hydrogen-bond donors (Lipinski definition) is 0. The van der Waals surface area contributed by atoms with Crippen LogP contribution in [0, 0.1) is 0 Å². The van der Waals surface area contributed by atoms with E-state index in [1.165, 1.54) is 0 Å². The van der Waals surface area contributed by atoms with E-state index >= 15 is 0 Å². The Morgan fingerprint density at radius 2 is 2.31 bits per heavy atom. The summed E-state index contributed by atoms with van der Waals surface area (Å²) in [4.78, 5) is 2.46. The molecule has 0 radical (unpaired) electrons. The van der Waals surface area contributed by atoms with Crippen molar-refractivity contribution in [3.8, 4) is 0 Å². The Hall–Kier alpha value is -0.120. The second-order valence-electron chi connectivity index (χ2n) is 3.86. The minimum atomic E-state index is 0.371. The van der Waals surface area contributed by atoms with Gasteiger partial charge in [-0.15, -0.1) is 0 Å².